The van der Waals surface area contributed by atoms with Gasteiger partial charge in [-0.2, -0.15) is 0 Å². The smallest absolute Gasteiger partial charge is 0.257 e. The van der Waals surface area contributed by atoms with Crippen molar-refractivity contribution < 1.29 is 4.79 Å². The minimum Gasteiger partial charge on any atom is -0.397 e. The molecule has 5 N–H and O–H groups in total. The van der Waals surface area contributed by atoms with Crippen molar-refractivity contribution in [1.82, 2.24) is 4.57 Å². The molecule has 3 rings (SSSR count). The highest BCUT2D eigenvalue weighted by atomic mass is 16.2. The van der Waals surface area contributed by atoms with E-state index in [4.69, 9.17) is 11.5 Å². The summed E-state index contributed by atoms with van der Waals surface area (Å²) < 4.78 is 1.80. The Morgan fingerprint density at radius 3 is 2.61 bits per heavy atom. The molecule has 2 heterocycles. The Morgan fingerprint density at radius 1 is 1.17 bits per heavy atom. The third-order valence-corrected chi connectivity index (χ3v) is 2.95. The Hall–Kier alpha value is -2.69. The lowest BCUT2D eigenvalue weighted by Crippen LogP contribution is -2.04. The van der Waals surface area contributed by atoms with Crippen molar-refractivity contribution in [2.45, 2.75) is 0 Å². The monoisotopic (exact) mass is 240 g/mol. The van der Waals surface area contributed by atoms with E-state index in [-0.39, 0.29) is 5.91 Å². The molecule has 0 unspecified atom stereocenters. The van der Waals surface area contributed by atoms with Gasteiger partial charge in [0.25, 0.3) is 5.91 Å². The van der Waals surface area contributed by atoms with Crippen molar-refractivity contribution in [3.05, 3.63) is 42.2 Å². The molecule has 0 radical (unpaired) electrons. The first-order valence-corrected chi connectivity index (χ1v) is 5.51. The van der Waals surface area contributed by atoms with Gasteiger partial charge in [-0.25, -0.2) is 0 Å². The van der Waals surface area contributed by atoms with E-state index in [0.29, 0.717) is 28.2 Å². The van der Waals surface area contributed by atoms with Gasteiger partial charge in [0, 0.05) is 24.2 Å². The summed E-state index contributed by atoms with van der Waals surface area (Å²) >= 11 is 0. The summed E-state index contributed by atoms with van der Waals surface area (Å²) in [6, 6.07) is 7.21. The van der Waals surface area contributed by atoms with Crippen LogP contribution >= 0.6 is 0 Å². The highest BCUT2D eigenvalue weighted by molar-refractivity contribution is 6.35. The molecule has 1 aliphatic heterocycles. The van der Waals surface area contributed by atoms with Gasteiger partial charge in [0.1, 0.15) is 0 Å². The third kappa shape index (κ3) is 1.45. The van der Waals surface area contributed by atoms with E-state index >= 15 is 0 Å². The summed E-state index contributed by atoms with van der Waals surface area (Å²) in [6.07, 6.45) is 5.43. The van der Waals surface area contributed by atoms with Crippen LogP contribution in [0.2, 0.25) is 0 Å². The summed E-state index contributed by atoms with van der Waals surface area (Å²) in [7, 11) is 0. The van der Waals surface area contributed by atoms with Crippen LogP contribution < -0.4 is 16.8 Å². The van der Waals surface area contributed by atoms with Crippen molar-refractivity contribution in [2.75, 3.05) is 16.8 Å². The number of nitrogens with one attached hydrogen (secondary N) is 1. The molecule has 1 aliphatic rings. The van der Waals surface area contributed by atoms with E-state index in [0.717, 1.165) is 0 Å². The second-order valence-corrected chi connectivity index (χ2v) is 4.12. The number of carbonyl (C=O) groups is 1. The zero-order valence-corrected chi connectivity index (χ0v) is 9.55. The van der Waals surface area contributed by atoms with E-state index in [1.807, 2.05) is 24.5 Å². The molecule has 18 heavy (non-hydrogen) atoms. The first-order chi connectivity index (χ1) is 8.66. The maximum Gasteiger partial charge on any atom is 0.257 e. The summed E-state index contributed by atoms with van der Waals surface area (Å²) in [4.78, 5) is 11.9. The van der Waals surface area contributed by atoms with Crippen molar-refractivity contribution in [1.29, 1.82) is 0 Å². The number of nitrogen functional groups attached to an aromatic ring is 2. The zero-order valence-electron chi connectivity index (χ0n) is 9.55. The molecule has 5 nitrogen and oxygen atoms in total. The second-order valence-electron chi connectivity index (χ2n) is 4.12. The predicted octanol–water partition coefficient (Wildman–Crippen LogP) is 1.60. The zero-order chi connectivity index (χ0) is 12.7. The Morgan fingerprint density at radius 2 is 1.89 bits per heavy atom. The minimum atomic E-state index is -0.170. The summed E-state index contributed by atoms with van der Waals surface area (Å²) in [5.41, 5.74) is 14.5. The van der Waals surface area contributed by atoms with Gasteiger partial charge in [-0.1, -0.05) is 0 Å². The van der Waals surface area contributed by atoms with Crippen LogP contribution in [-0.4, -0.2) is 10.5 Å². The van der Waals surface area contributed by atoms with Gasteiger partial charge in [0.2, 0.25) is 0 Å². The molecule has 5 heteroatoms. The standard InChI is InChI=1S/C13H12N4O/c14-9-3-4-10-11(12(9)15)8(13(18)16-10)7-17-5-1-2-6-17/h1-7H,14-15H2,(H,16,18). The van der Waals surface area contributed by atoms with Gasteiger partial charge in [-0.3, -0.25) is 4.79 Å². The van der Waals surface area contributed by atoms with E-state index in [1.165, 1.54) is 0 Å². The lowest BCUT2D eigenvalue weighted by atomic mass is 10.0. The van der Waals surface area contributed by atoms with Crippen molar-refractivity contribution in [3.63, 3.8) is 0 Å². The quantitative estimate of drug-likeness (QED) is 0.522. The molecule has 0 aliphatic carbocycles. The number of amides is 1. The number of carbonyl (C=O) groups excluding carboxylic acids is 1. The fourth-order valence-corrected chi connectivity index (χ4v) is 2.04. The molecule has 0 spiro atoms. The van der Waals surface area contributed by atoms with Crippen molar-refractivity contribution >= 4 is 34.7 Å². The number of nitrogens with two attached hydrogens (primary N) is 2. The molecule has 1 aromatic heterocycles. The van der Waals surface area contributed by atoms with E-state index < -0.39 is 0 Å². The molecule has 1 aromatic carbocycles. The second kappa shape index (κ2) is 3.66. The summed E-state index contributed by atoms with van der Waals surface area (Å²) in [5.74, 6) is -0.170. The average molecular weight is 240 g/mol. The fraction of sp³-hybridized carbons (Fsp3) is 0. The fourth-order valence-electron chi connectivity index (χ4n) is 2.04. The molecular weight excluding hydrogens is 228 g/mol. The molecule has 0 saturated heterocycles. The number of hydrogen-bond acceptors (Lipinski definition) is 3. The maximum absolute atomic E-state index is 11.9. The molecular formula is C13H12N4O. The van der Waals surface area contributed by atoms with E-state index in [2.05, 4.69) is 5.32 Å². The number of hydrogen-bond donors (Lipinski definition) is 3. The third-order valence-electron chi connectivity index (χ3n) is 2.95. The van der Waals surface area contributed by atoms with Gasteiger partial charge in [-0.05, 0) is 24.3 Å². The van der Waals surface area contributed by atoms with Crippen LogP contribution in [-0.2, 0) is 4.79 Å². The van der Waals surface area contributed by atoms with Crippen LogP contribution in [0.3, 0.4) is 0 Å². The average Bonchev–Trinajstić information content (AvgIpc) is 2.94. The number of fused-ring (bicyclic) bond motifs is 1. The summed E-state index contributed by atoms with van der Waals surface area (Å²) in [5, 5.41) is 2.77. The molecule has 0 atom stereocenters. The van der Waals surface area contributed by atoms with Crippen LogP contribution in [0.5, 0.6) is 0 Å². The van der Waals surface area contributed by atoms with Crippen LogP contribution in [0.15, 0.2) is 36.7 Å². The number of anilines is 3. The van der Waals surface area contributed by atoms with E-state index in [9.17, 15) is 4.79 Å². The van der Waals surface area contributed by atoms with Crippen LogP contribution in [0, 0.1) is 0 Å². The molecule has 0 bridgehead atoms. The van der Waals surface area contributed by atoms with Crippen molar-refractivity contribution in [3.8, 4) is 0 Å². The summed E-state index contributed by atoms with van der Waals surface area (Å²) in [6.45, 7) is 0. The Balaban J connectivity index is 2.20. The molecule has 90 valence electrons. The lowest BCUT2D eigenvalue weighted by Gasteiger charge is -2.06. The first kappa shape index (κ1) is 10.5. The number of rotatable bonds is 1. The first-order valence-electron chi connectivity index (χ1n) is 5.51. The molecule has 1 amide bonds. The van der Waals surface area contributed by atoms with Gasteiger partial charge < -0.3 is 21.4 Å². The molecule has 0 fully saturated rings. The van der Waals surface area contributed by atoms with Crippen LogP contribution in [0.1, 0.15) is 5.56 Å². The van der Waals surface area contributed by atoms with Gasteiger partial charge in [-0.15, -0.1) is 0 Å². The lowest BCUT2D eigenvalue weighted by molar-refractivity contribution is -0.110. The number of nitrogens with zero attached hydrogens (tertiary/aromatic N) is 1. The molecule has 0 saturated carbocycles. The number of aromatic nitrogens is 1. The normalized spacial score (nSPS) is 15.8. The van der Waals surface area contributed by atoms with Crippen LogP contribution in [0.4, 0.5) is 17.1 Å². The number of benzene rings is 1. The Bertz CT molecular complexity index is 656. The SMILES string of the molecule is Nc1ccc2c(c1N)C(=Cn1cccc1)C(=O)N2. The van der Waals surface area contributed by atoms with Gasteiger partial charge in [0.05, 0.1) is 22.6 Å². The van der Waals surface area contributed by atoms with Crippen LogP contribution in [0.25, 0.3) is 11.8 Å². The highest BCUT2D eigenvalue weighted by Crippen LogP contribution is 2.39. The van der Waals surface area contributed by atoms with Crippen molar-refractivity contribution in [2.24, 2.45) is 0 Å². The Kier molecular flexibility index (Phi) is 2.13. The molecule has 2 aromatic rings. The predicted molar refractivity (Wildman–Crippen MR) is 72.5 cm³/mol. The van der Waals surface area contributed by atoms with Gasteiger partial charge >= 0.3 is 0 Å². The minimum absolute atomic E-state index is 0.170. The van der Waals surface area contributed by atoms with E-state index in [1.54, 1.807) is 22.9 Å². The topological polar surface area (TPSA) is 86.1 Å². The highest BCUT2D eigenvalue weighted by Gasteiger charge is 2.27. The Labute approximate surface area is 104 Å². The van der Waals surface area contributed by atoms with Gasteiger partial charge in [0.15, 0.2) is 0 Å². The largest absolute Gasteiger partial charge is 0.397 e. The maximum atomic E-state index is 11.9.